The monoisotopic (exact) mass is 382 g/mol. The zero-order valence-electron chi connectivity index (χ0n) is 13.5. The number of nitrogens with zero attached hydrogens (tertiary/aromatic N) is 2. The average molecular weight is 383 g/mol. The zero-order valence-corrected chi connectivity index (χ0v) is 16.0. The van der Waals surface area contributed by atoms with Gasteiger partial charge in [-0.3, -0.25) is 14.9 Å². The van der Waals surface area contributed by atoms with E-state index in [1.165, 1.54) is 30.0 Å². The zero-order chi connectivity index (χ0) is 17.5. The van der Waals surface area contributed by atoms with Gasteiger partial charge in [0.05, 0.1) is 11.4 Å². The molecule has 2 rings (SSSR count). The molecular weight excluding hydrogens is 364 g/mol. The molecule has 128 valence electrons. The quantitative estimate of drug-likeness (QED) is 0.561. The van der Waals surface area contributed by atoms with Crippen LogP contribution >= 0.6 is 34.9 Å². The lowest BCUT2D eigenvalue weighted by atomic mass is 10.3. The van der Waals surface area contributed by atoms with Gasteiger partial charge in [0.25, 0.3) is 0 Å². The van der Waals surface area contributed by atoms with Crippen molar-refractivity contribution in [3.63, 3.8) is 0 Å². The average Bonchev–Trinajstić information content (AvgIpc) is 2.92. The number of thioether (sulfide) groups is 2. The van der Waals surface area contributed by atoms with Crippen LogP contribution in [0.3, 0.4) is 0 Å². The highest BCUT2D eigenvalue weighted by Gasteiger charge is 2.11. The van der Waals surface area contributed by atoms with Crippen molar-refractivity contribution in [2.45, 2.75) is 35.3 Å². The Morgan fingerprint density at radius 3 is 2.67 bits per heavy atom. The van der Waals surface area contributed by atoms with E-state index in [2.05, 4.69) is 34.7 Å². The molecule has 6 nitrogen and oxygen atoms in total. The molecular formula is C15H18N4O2S3. The molecule has 0 aliphatic rings. The Labute approximate surface area is 153 Å². The molecule has 0 aliphatic carbocycles. The molecule has 0 saturated heterocycles. The number of rotatable bonds is 7. The number of hydrogen-bond acceptors (Lipinski definition) is 7. The third kappa shape index (κ3) is 6.14. The lowest BCUT2D eigenvalue weighted by molar-refractivity contribution is -0.114. The van der Waals surface area contributed by atoms with Gasteiger partial charge in [0.15, 0.2) is 4.34 Å². The standard InChI is InChI=1S/C15H18N4O2S3/c1-9(2)23-15-19-18-14(24-15)17-13(21)8-22-12-7-5-4-6-11(12)16-10(3)20/h4-7,9H,8H2,1-3H3,(H,16,20)(H,17,18,21). The summed E-state index contributed by atoms with van der Waals surface area (Å²) < 4.78 is 0.837. The highest BCUT2D eigenvalue weighted by molar-refractivity contribution is 8.01. The molecule has 0 radical (unpaired) electrons. The molecule has 24 heavy (non-hydrogen) atoms. The van der Waals surface area contributed by atoms with Crippen molar-refractivity contribution in [2.24, 2.45) is 0 Å². The summed E-state index contributed by atoms with van der Waals surface area (Å²) in [6.07, 6.45) is 0. The molecule has 2 aromatic rings. The van der Waals surface area contributed by atoms with Gasteiger partial charge >= 0.3 is 0 Å². The van der Waals surface area contributed by atoms with Gasteiger partial charge in [0, 0.05) is 17.1 Å². The van der Waals surface area contributed by atoms with E-state index >= 15 is 0 Å². The predicted octanol–water partition coefficient (Wildman–Crippen LogP) is 3.73. The van der Waals surface area contributed by atoms with Gasteiger partial charge in [-0.25, -0.2) is 0 Å². The number of nitrogens with one attached hydrogen (secondary N) is 2. The van der Waals surface area contributed by atoms with Crippen molar-refractivity contribution in [1.29, 1.82) is 0 Å². The number of para-hydroxylation sites is 1. The minimum absolute atomic E-state index is 0.142. The van der Waals surface area contributed by atoms with Crippen LogP contribution in [-0.4, -0.2) is 33.0 Å². The Morgan fingerprint density at radius 1 is 1.21 bits per heavy atom. The van der Waals surface area contributed by atoms with Crippen LogP contribution in [0.2, 0.25) is 0 Å². The van der Waals surface area contributed by atoms with E-state index in [0.29, 0.717) is 16.1 Å². The van der Waals surface area contributed by atoms with Crippen molar-refractivity contribution in [1.82, 2.24) is 10.2 Å². The molecule has 0 unspecified atom stereocenters. The van der Waals surface area contributed by atoms with Crippen LogP contribution in [0, 0.1) is 0 Å². The molecule has 0 fully saturated rings. The van der Waals surface area contributed by atoms with E-state index in [4.69, 9.17) is 0 Å². The van der Waals surface area contributed by atoms with Crippen LogP contribution in [0.5, 0.6) is 0 Å². The van der Waals surface area contributed by atoms with Crippen LogP contribution in [0.15, 0.2) is 33.5 Å². The van der Waals surface area contributed by atoms with Gasteiger partial charge < -0.3 is 5.32 Å². The number of carbonyl (C=O) groups excluding carboxylic acids is 2. The summed E-state index contributed by atoms with van der Waals surface area (Å²) in [6.45, 7) is 5.61. The third-order valence-electron chi connectivity index (χ3n) is 2.55. The summed E-state index contributed by atoms with van der Waals surface area (Å²) in [5, 5.41) is 14.4. The van der Waals surface area contributed by atoms with Crippen LogP contribution in [0.4, 0.5) is 10.8 Å². The summed E-state index contributed by atoms with van der Waals surface area (Å²) in [7, 11) is 0. The number of hydrogen-bond donors (Lipinski definition) is 2. The number of aromatic nitrogens is 2. The largest absolute Gasteiger partial charge is 0.325 e. The van der Waals surface area contributed by atoms with Gasteiger partial charge in [-0.2, -0.15) is 0 Å². The summed E-state index contributed by atoms with van der Waals surface area (Å²) >= 11 is 4.34. The SMILES string of the molecule is CC(=O)Nc1ccccc1SCC(=O)Nc1nnc(SC(C)C)s1. The molecule has 2 N–H and O–H groups in total. The fourth-order valence-electron chi connectivity index (χ4n) is 1.69. The molecule has 1 aromatic carbocycles. The Hall–Kier alpha value is -1.58. The first-order valence-corrected chi connectivity index (χ1v) is 9.91. The van der Waals surface area contributed by atoms with Crippen molar-refractivity contribution >= 4 is 57.5 Å². The molecule has 2 amide bonds. The molecule has 1 heterocycles. The Bertz CT molecular complexity index is 718. The summed E-state index contributed by atoms with van der Waals surface area (Å²) in [5.41, 5.74) is 0.703. The first-order valence-electron chi connectivity index (χ1n) is 7.23. The van der Waals surface area contributed by atoms with Crippen LogP contribution in [-0.2, 0) is 9.59 Å². The van der Waals surface area contributed by atoms with Crippen molar-refractivity contribution < 1.29 is 9.59 Å². The Balaban J connectivity index is 1.89. The van der Waals surface area contributed by atoms with Crippen LogP contribution < -0.4 is 10.6 Å². The summed E-state index contributed by atoms with van der Waals surface area (Å²) in [6, 6.07) is 7.38. The van der Waals surface area contributed by atoms with Crippen molar-refractivity contribution in [3.05, 3.63) is 24.3 Å². The lowest BCUT2D eigenvalue weighted by Gasteiger charge is -2.08. The second-order valence-electron chi connectivity index (χ2n) is 5.05. The first-order chi connectivity index (χ1) is 11.4. The fraction of sp³-hybridized carbons (Fsp3) is 0.333. The normalized spacial score (nSPS) is 10.7. The summed E-state index contributed by atoms with van der Waals surface area (Å²) in [5.74, 6) is -0.0746. The maximum Gasteiger partial charge on any atom is 0.236 e. The van der Waals surface area contributed by atoms with Crippen LogP contribution in [0.1, 0.15) is 20.8 Å². The van der Waals surface area contributed by atoms with E-state index in [0.717, 1.165) is 9.24 Å². The number of carbonyl (C=O) groups is 2. The highest BCUT2D eigenvalue weighted by atomic mass is 32.2. The molecule has 0 spiro atoms. The molecule has 0 bridgehead atoms. The topological polar surface area (TPSA) is 84.0 Å². The molecule has 0 aliphatic heterocycles. The highest BCUT2D eigenvalue weighted by Crippen LogP contribution is 2.29. The van der Waals surface area contributed by atoms with E-state index in [1.807, 2.05) is 24.3 Å². The lowest BCUT2D eigenvalue weighted by Crippen LogP contribution is -2.14. The Morgan fingerprint density at radius 2 is 1.96 bits per heavy atom. The van der Waals surface area contributed by atoms with Gasteiger partial charge in [-0.1, -0.05) is 49.1 Å². The van der Waals surface area contributed by atoms with Gasteiger partial charge in [0.2, 0.25) is 16.9 Å². The molecule has 0 saturated carbocycles. The second kappa shape index (κ2) is 9.05. The van der Waals surface area contributed by atoms with E-state index < -0.39 is 0 Å². The van der Waals surface area contributed by atoms with Gasteiger partial charge in [0.1, 0.15) is 0 Å². The Kier molecular flexibility index (Phi) is 7.07. The van der Waals surface area contributed by atoms with Crippen molar-refractivity contribution in [2.75, 3.05) is 16.4 Å². The molecule has 0 atom stereocenters. The van der Waals surface area contributed by atoms with E-state index in [-0.39, 0.29) is 17.6 Å². The van der Waals surface area contributed by atoms with E-state index in [9.17, 15) is 9.59 Å². The predicted molar refractivity (Wildman–Crippen MR) is 101 cm³/mol. The maximum atomic E-state index is 12.1. The summed E-state index contributed by atoms with van der Waals surface area (Å²) in [4.78, 5) is 24.1. The molecule has 9 heteroatoms. The maximum absolute atomic E-state index is 12.1. The van der Waals surface area contributed by atoms with Gasteiger partial charge in [-0.05, 0) is 12.1 Å². The van der Waals surface area contributed by atoms with E-state index in [1.54, 1.807) is 11.8 Å². The minimum atomic E-state index is -0.158. The second-order valence-corrected chi connectivity index (χ2v) is 8.87. The third-order valence-corrected chi connectivity index (χ3v) is 5.55. The molecule has 1 aromatic heterocycles. The fourth-order valence-corrected chi connectivity index (χ4v) is 4.49. The van der Waals surface area contributed by atoms with Crippen molar-refractivity contribution in [3.8, 4) is 0 Å². The minimum Gasteiger partial charge on any atom is -0.325 e. The van der Waals surface area contributed by atoms with Gasteiger partial charge in [-0.15, -0.1) is 22.0 Å². The number of anilines is 2. The number of benzene rings is 1. The first kappa shape index (κ1) is 18.8. The smallest absolute Gasteiger partial charge is 0.236 e. The number of amides is 2. The van der Waals surface area contributed by atoms with Crippen LogP contribution in [0.25, 0.3) is 0 Å².